The highest BCUT2D eigenvalue weighted by Gasteiger charge is 2.11. The Morgan fingerprint density at radius 2 is 2.14 bits per heavy atom. The van der Waals surface area contributed by atoms with Crippen molar-refractivity contribution < 1.29 is 0 Å². The molecular weight excluding hydrogens is 399 g/mol. The van der Waals surface area contributed by atoms with Crippen LogP contribution in [0.25, 0.3) is 11.0 Å². The summed E-state index contributed by atoms with van der Waals surface area (Å²) in [4.78, 5) is 4.73. The van der Waals surface area contributed by atoms with Crippen molar-refractivity contribution in [1.29, 1.82) is 0 Å². The normalized spacial score (nSPS) is 11.4. The Morgan fingerprint density at radius 1 is 1.29 bits per heavy atom. The van der Waals surface area contributed by atoms with Gasteiger partial charge in [-0.2, -0.15) is 5.10 Å². The zero-order valence-electron chi connectivity index (χ0n) is 11.8. The first-order valence-corrected chi connectivity index (χ1v) is 8.47. The molecule has 3 rings (SSSR count). The lowest BCUT2D eigenvalue weighted by Gasteiger charge is -2.07. The molecule has 0 aliphatic heterocycles. The van der Waals surface area contributed by atoms with Crippen LogP contribution in [0.1, 0.15) is 11.4 Å². The summed E-state index contributed by atoms with van der Waals surface area (Å²) in [5.41, 5.74) is 3.47. The second-order valence-electron chi connectivity index (χ2n) is 5.02. The number of hydrogen-bond acceptors (Lipinski definition) is 2. The van der Waals surface area contributed by atoms with Gasteiger partial charge < -0.3 is 4.57 Å². The molecule has 0 unspecified atom stereocenters. The van der Waals surface area contributed by atoms with Gasteiger partial charge in [-0.15, -0.1) is 11.6 Å². The lowest BCUT2D eigenvalue weighted by Crippen LogP contribution is -2.06. The van der Waals surface area contributed by atoms with E-state index in [2.05, 4.69) is 56.7 Å². The summed E-state index contributed by atoms with van der Waals surface area (Å²) < 4.78 is 5.32. The van der Waals surface area contributed by atoms with E-state index < -0.39 is 0 Å². The average molecular weight is 415 g/mol. The van der Waals surface area contributed by atoms with Crippen molar-refractivity contribution in [3.63, 3.8) is 0 Å². The molecule has 0 aliphatic rings. The van der Waals surface area contributed by atoms with E-state index in [9.17, 15) is 0 Å². The molecule has 0 saturated carbocycles. The van der Waals surface area contributed by atoms with Crippen LogP contribution in [0.5, 0.6) is 0 Å². The molecule has 0 radical (unpaired) electrons. The monoisotopic (exact) mass is 414 g/mol. The molecule has 4 nitrogen and oxygen atoms in total. The number of alkyl halides is 1. The maximum absolute atomic E-state index is 5.92. The van der Waals surface area contributed by atoms with E-state index in [0.29, 0.717) is 5.88 Å². The number of benzene rings is 1. The molecule has 0 saturated heterocycles. The van der Waals surface area contributed by atoms with E-state index >= 15 is 0 Å². The molecule has 6 heteroatoms. The third-order valence-corrected chi connectivity index (χ3v) is 4.35. The standard InChI is InChI=1S/C15H16ClIN4/c1-20-10-11(9-18-20)5-7-21-14-3-2-12(17)8-13(14)19-15(21)4-6-16/h2-3,8-10H,4-7H2,1H3. The van der Waals surface area contributed by atoms with Crippen LogP contribution < -0.4 is 0 Å². The second kappa shape index (κ2) is 6.36. The van der Waals surface area contributed by atoms with Crippen molar-refractivity contribution in [2.45, 2.75) is 19.4 Å². The predicted octanol–water partition coefficient (Wildman–Crippen LogP) is 3.40. The van der Waals surface area contributed by atoms with Gasteiger partial charge in [-0.25, -0.2) is 4.98 Å². The van der Waals surface area contributed by atoms with Gasteiger partial charge in [0.15, 0.2) is 0 Å². The predicted molar refractivity (Wildman–Crippen MR) is 93.8 cm³/mol. The smallest absolute Gasteiger partial charge is 0.111 e. The largest absolute Gasteiger partial charge is 0.328 e. The Hall–Kier alpha value is -1.08. The maximum Gasteiger partial charge on any atom is 0.111 e. The molecule has 3 aromatic rings. The van der Waals surface area contributed by atoms with Gasteiger partial charge in [0.05, 0.1) is 17.2 Å². The number of hydrogen-bond donors (Lipinski definition) is 0. The molecule has 110 valence electrons. The molecule has 0 aliphatic carbocycles. The summed E-state index contributed by atoms with van der Waals surface area (Å²) in [5, 5.41) is 4.22. The molecule has 2 aromatic heterocycles. The summed E-state index contributed by atoms with van der Waals surface area (Å²) in [6.07, 6.45) is 5.72. The van der Waals surface area contributed by atoms with Crippen molar-refractivity contribution in [3.05, 3.63) is 45.6 Å². The van der Waals surface area contributed by atoms with Gasteiger partial charge >= 0.3 is 0 Å². The van der Waals surface area contributed by atoms with E-state index in [1.165, 1.54) is 14.7 Å². The van der Waals surface area contributed by atoms with Gasteiger partial charge in [0.2, 0.25) is 0 Å². The Balaban J connectivity index is 1.92. The first-order valence-electron chi connectivity index (χ1n) is 6.85. The zero-order chi connectivity index (χ0) is 14.8. The van der Waals surface area contributed by atoms with Crippen molar-refractivity contribution >= 4 is 45.2 Å². The molecule has 0 spiro atoms. The van der Waals surface area contributed by atoms with Gasteiger partial charge in [-0.3, -0.25) is 4.68 Å². The fraction of sp³-hybridized carbons (Fsp3) is 0.333. The number of halogens is 2. The van der Waals surface area contributed by atoms with E-state index in [1.54, 1.807) is 0 Å². The average Bonchev–Trinajstić information content (AvgIpc) is 3.00. The minimum Gasteiger partial charge on any atom is -0.328 e. The van der Waals surface area contributed by atoms with Crippen molar-refractivity contribution in [3.8, 4) is 0 Å². The Morgan fingerprint density at radius 3 is 2.86 bits per heavy atom. The molecule has 2 heterocycles. The topological polar surface area (TPSA) is 35.6 Å². The summed E-state index contributed by atoms with van der Waals surface area (Å²) in [6.45, 7) is 0.898. The van der Waals surface area contributed by atoms with Gasteiger partial charge in [0.1, 0.15) is 5.82 Å². The van der Waals surface area contributed by atoms with Crippen molar-refractivity contribution in [2.24, 2.45) is 7.05 Å². The van der Waals surface area contributed by atoms with E-state index in [1.807, 2.05) is 17.9 Å². The van der Waals surface area contributed by atoms with Gasteiger partial charge in [-0.1, -0.05) is 0 Å². The zero-order valence-corrected chi connectivity index (χ0v) is 14.7. The third-order valence-electron chi connectivity index (χ3n) is 3.49. The SMILES string of the molecule is Cn1cc(CCn2c(CCCl)nc3cc(I)ccc32)cn1. The molecular formula is C15H16ClIN4. The van der Waals surface area contributed by atoms with Crippen LogP contribution in [0.2, 0.25) is 0 Å². The van der Waals surface area contributed by atoms with Gasteiger partial charge in [0.25, 0.3) is 0 Å². The number of nitrogens with zero attached hydrogens (tertiary/aromatic N) is 4. The maximum atomic E-state index is 5.92. The van der Waals surface area contributed by atoms with E-state index in [-0.39, 0.29) is 0 Å². The Labute approximate surface area is 142 Å². The third kappa shape index (κ3) is 3.23. The molecule has 21 heavy (non-hydrogen) atoms. The quantitative estimate of drug-likeness (QED) is 0.474. The summed E-state index contributed by atoms with van der Waals surface area (Å²) in [5.74, 6) is 1.65. The highest BCUT2D eigenvalue weighted by Crippen LogP contribution is 2.20. The first kappa shape index (κ1) is 14.8. The molecule has 0 bridgehead atoms. The highest BCUT2D eigenvalue weighted by molar-refractivity contribution is 14.1. The molecule has 1 aromatic carbocycles. The second-order valence-corrected chi connectivity index (χ2v) is 6.65. The van der Waals surface area contributed by atoms with Crippen LogP contribution in [0.15, 0.2) is 30.6 Å². The summed E-state index contributed by atoms with van der Waals surface area (Å²) in [6, 6.07) is 6.38. The number of fused-ring (bicyclic) bond motifs is 1. The Kier molecular flexibility index (Phi) is 4.49. The molecule has 0 fully saturated rings. The number of aryl methyl sites for hydroxylation is 4. The van der Waals surface area contributed by atoms with Crippen LogP contribution in [-0.4, -0.2) is 25.2 Å². The van der Waals surface area contributed by atoms with Crippen LogP contribution in [0.3, 0.4) is 0 Å². The molecule has 0 atom stereocenters. The summed E-state index contributed by atoms with van der Waals surface area (Å²) >= 11 is 8.24. The van der Waals surface area contributed by atoms with Gasteiger partial charge in [-0.05, 0) is 52.8 Å². The highest BCUT2D eigenvalue weighted by atomic mass is 127. The minimum absolute atomic E-state index is 0.591. The van der Waals surface area contributed by atoms with E-state index in [4.69, 9.17) is 16.6 Å². The summed E-state index contributed by atoms with van der Waals surface area (Å²) in [7, 11) is 1.94. The van der Waals surface area contributed by atoms with Crippen LogP contribution in [0, 0.1) is 3.57 Å². The van der Waals surface area contributed by atoms with Gasteiger partial charge in [0, 0.05) is 35.7 Å². The lowest BCUT2D eigenvalue weighted by atomic mass is 10.2. The minimum atomic E-state index is 0.591. The fourth-order valence-electron chi connectivity index (χ4n) is 2.52. The Bertz CT molecular complexity index is 762. The van der Waals surface area contributed by atoms with E-state index in [0.717, 1.165) is 30.7 Å². The number of imidazole rings is 1. The molecule has 0 N–H and O–H groups in total. The number of aromatic nitrogens is 4. The van der Waals surface area contributed by atoms with Crippen LogP contribution >= 0.6 is 34.2 Å². The number of rotatable bonds is 5. The van der Waals surface area contributed by atoms with Crippen molar-refractivity contribution in [2.75, 3.05) is 5.88 Å². The first-order chi connectivity index (χ1) is 10.2. The fourth-order valence-corrected chi connectivity index (χ4v) is 3.16. The van der Waals surface area contributed by atoms with Crippen molar-refractivity contribution in [1.82, 2.24) is 19.3 Å². The lowest BCUT2D eigenvalue weighted by molar-refractivity contribution is 0.674. The molecule has 0 amide bonds. The van der Waals surface area contributed by atoms with Crippen LogP contribution in [-0.2, 0) is 26.4 Å². The van der Waals surface area contributed by atoms with Crippen LogP contribution in [0.4, 0.5) is 0 Å².